The molecule has 0 atom stereocenters. The predicted octanol–water partition coefficient (Wildman–Crippen LogP) is 4.33. The lowest BCUT2D eigenvalue weighted by atomic mass is 10.1. The van der Waals surface area contributed by atoms with E-state index in [1.165, 1.54) is 48.7 Å². The molecule has 1 N–H and O–H groups in total. The van der Waals surface area contributed by atoms with Crippen LogP contribution in [0.4, 0.5) is 0 Å². The van der Waals surface area contributed by atoms with Gasteiger partial charge < -0.3 is 9.88 Å². The highest BCUT2D eigenvalue weighted by Crippen LogP contribution is 2.28. The molecule has 0 amide bonds. The molecule has 0 radical (unpaired) electrons. The Labute approximate surface area is 122 Å². The van der Waals surface area contributed by atoms with E-state index in [1.807, 2.05) is 0 Å². The molecule has 0 aliphatic heterocycles. The minimum Gasteiger partial charge on any atom is -0.347 e. The number of benzene rings is 1. The van der Waals surface area contributed by atoms with Crippen LogP contribution in [-0.2, 0) is 13.1 Å². The summed E-state index contributed by atoms with van der Waals surface area (Å²) in [4.78, 5) is 0. The highest BCUT2D eigenvalue weighted by Gasteiger charge is 2.16. The van der Waals surface area contributed by atoms with Gasteiger partial charge >= 0.3 is 0 Å². The zero-order chi connectivity index (χ0) is 13.9. The summed E-state index contributed by atoms with van der Waals surface area (Å²) in [6.07, 6.45) is 7.95. The van der Waals surface area contributed by atoms with Gasteiger partial charge in [-0.3, -0.25) is 0 Å². The van der Waals surface area contributed by atoms with Gasteiger partial charge in [0.05, 0.1) is 0 Å². The van der Waals surface area contributed by atoms with Crippen LogP contribution in [0.25, 0.3) is 10.9 Å². The van der Waals surface area contributed by atoms with Crippen molar-refractivity contribution in [1.29, 1.82) is 0 Å². The lowest BCUT2D eigenvalue weighted by Gasteiger charge is -2.13. The standard InChI is InChI=1S/C18H26N2/c1-14(2)19-12-16-8-5-9-18-17(16)10-11-20(18)13-15-6-3-4-7-15/h5,8-11,14-15,19H,3-4,6-7,12-13H2,1-2H3. The zero-order valence-electron chi connectivity index (χ0n) is 12.7. The van der Waals surface area contributed by atoms with Crippen LogP contribution >= 0.6 is 0 Å². The average molecular weight is 270 g/mol. The van der Waals surface area contributed by atoms with Crippen LogP contribution < -0.4 is 5.32 Å². The van der Waals surface area contributed by atoms with Crippen LogP contribution in [0.3, 0.4) is 0 Å². The van der Waals surface area contributed by atoms with Crippen molar-refractivity contribution in [1.82, 2.24) is 9.88 Å². The summed E-state index contributed by atoms with van der Waals surface area (Å²) >= 11 is 0. The summed E-state index contributed by atoms with van der Waals surface area (Å²) in [6.45, 7) is 6.56. The quantitative estimate of drug-likeness (QED) is 0.855. The highest BCUT2D eigenvalue weighted by atomic mass is 15.0. The summed E-state index contributed by atoms with van der Waals surface area (Å²) in [5.74, 6) is 0.892. The molecular weight excluding hydrogens is 244 g/mol. The van der Waals surface area contributed by atoms with E-state index in [0.717, 1.165) is 12.5 Å². The Bertz CT molecular complexity index is 562. The molecule has 0 spiro atoms. The first-order valence-electron chi connectivity index (χ1n) is 8.04. The van der Waals surface area contributed by atoms with E-state index in [2.05, 4.69) is 54.2 Å². The molecule has 1 fully saturated rings. The number of rotatable bonds is 5. The Morgan fingerprint density at radius 1 is 1.20 bits per heavy atom. The Balaban J connectivity index is 1.82. The summed E-state index contributed by atoms with van der Waals surface area (Å²) in [5, 5.41) is 4.94. The third kappa shape index (κ3) is 2.90. The molecule has 0 bridgehead atoms. The van der Waals surface area contributed by atoms with Crippen molar-refractivity contribution in [3.05, 3.63) is 36.0 Å². The van der Waals surface area contributed by atoms with Gasteiger partial charge in [-0.1, -0.05) is 38.8 Å². The summed E-state index contributed by atoms with van der Waals surface area (Å²) < 4.78 is 2.46. The van der Waals surface area contributed by atoms with Gasteiger partial charge in [-0.05, 0) is 36.5 Å². The van der Waals surface area contributed by atoms with Gasteiger partial charge in [-0.15, -0.1) is 0 Å². The van der Waals surface area contributed by atoms with E-state index in [-0.39, 0.29) is 0 Å². The molecule has 3 rings (SSSR count). The Kier molecular flexibility index (Phi) is 4.11. The van der Waals surface area contributed by atoms with Crippen LogP contribution in [0.1, 0.15) is 45.1 Å². The van der Waals surface area contributed by atoms with Crippen LogP contribution in [0.15, 0.2) is 30.5 Å². The third-order valence-electron chi connectivity index (χ3n) is 4.53. The second-order valence-electron chi connectivity index (χ2n) is 6.50. The molecule has 2 aromatic rings. The molecule has 1 aromatic heterocycles. The van der Waals surface area contributed by atoms with Crippen molar-refractivity contribution in [2.45, 2.75) is 58.7 Å². The van der Waals surface area contributed by atoms with Crippen molar-refractivity contribution in [2.75, 3.05) is 0 Å². The zero-order valence-corrected chi connectivity index (χ0v) is 12.7. The van der Waals surface area contributed by atoms with Crippen molar-refractivity contribution >= 4 is 10.9 Å². The third-order valence-corrected chi connectivity index (χ3v) is 4.53. The number of aromatic nitrogens is 1. The van der Waals surface area contributed by atoms with Crippen LogP contribution in [-0.4, -0.2) is 10.6 Å². The van der Waals surface area contributed by atoms with Gasteiger partial charge in [0, 0.05) is 36.2 Å². The fraction of sp³-hybridized carbons (Fsp3) is 0.556. The molecule has 1 aliphatic rings. The first kappa shape index (κ1) is 13.7. The van der Waals surface area contributed by atoms with Gasteiger partial charge in [0.2, 0.25) is 0 Å². The van der Waals surface area contributed by atoms with E-state index >= 15 is 0 Å². The first-order chi connectivity index (χ1) is 9.74. The second kappa shape index (κ2) is 6.01. The van der Waals surface area contributed by atoms with Crippen molar-refractivity contribution in [2.24, 2.45) is 5.92 Å². The van der Waals surface area contributed by atoms with Crippen LogP contribution in [0.2, 0.25) is 0 Å². The van der Waals surface area contributed by atoms with E-state index in [1.54, 1.807) is 0 Å². The van der Waals surface area contributed by atoms with E-state index < -0.39 is 0 Å². The molecule has 2 nitrogen and oxygen atoms in total. The second-order valence-corrected chi connectivity index (χ2v) is 6.50. The maximum absolute atomic E-state index is 3.53. The van der Waals surface area contributed by atoms with Gasteiger partial charge in [-0.25, -0.2) is 0 Å². The molecule has 0 unspecified atom stereocenters. The van der Waals surface area contributed by atoms with Gasteiger partial charge in [0.15, 0.2) is 0 Å². The Morgan fingerprint density at radius 2 is 2.00 bits per heavy atom. The molecule has 1 heterocycles. The fourth-order valence-corrected chi connectivity index (χ4v) is 3.39. The van der Waals surface area contributed by atoms with Crippen LogP contribution in [0, 0.1) is 5.92 Å². The molecule has 1 aromatic carbocycles. The highest BCUT2D eigenvalue weighted by molar-refractivity contribution is 5.83. The number of hydrogen-bond acceptors (Lipinski definition) is 1. The largest absolute Gasteiger partial charge is 0.347 e. The molecule has 1 saturated carbocycles. The average Bonchev–Trinajstić information content (AvgIpc) is 3.07. The van der Waals surface area contributed by atoms with Gasteiger partial charge in [0.25, 0.3) is 0 Å². The minimum atomic E-state index is 0.533. The topological polar surface area (TPSA) is 17.0 Å². The lowest BCUT2D eigenvalue weighted by Crippen LogP contribution is -2.21. The minimum absolute atomic E-state index is 0.533. The molecule has 108 valence electrons. The van der Waals surface area contributed by atoms with E-state index in [4.69, 9.17) is 0 Å². The van der Waals surface area contributed by atoms with E-state index in [9.17, 15) is 0 Å². The molecular formula is C18H26N2. The smallest absolute Gasteiger partial charge is 0.0483 e. The Hall–Kier alpha value is -1.28. The van der Waals surface area contributed by atoms with Crippen molar-refractivity contribution < 1.29 is 0 Å². The summed E-state index contributed by atoms with van der Waals surface area (Å²) in [7, 11) is 0. The summed E-state index contributed by atoms with van der Waals surface area (Å²) in [6, 6.07) is 9.54. The monoisotopic (exact) mass is 270 g/mol. The fourth-order valence-electron chi connectivity index (χ4n) is 3.39. The van der Waals surface area contributed by atoms with Gasteiger partial charge in [-0.2, -0.15) is 0 Å². The normalized spacial score (nSPS) is 16.6. The maximum atomic E-state index is 3.53. The molecule has 1 aliphatic carbocycles. The van der Waals surface area contributed by atoms with E-state index in [0.29, 0.717) is 6.04 Å². The van der Waals surface area contributed by atoms with Gasteiger partial charge in [0.1, 0.15) is 0 Å². The summed E-state index contributed by atoms with van der Waals surface area (Å²) in [5.41, 5.74) is 2.82. The maximum Gasteiger partial charge on any atom is 0.0483 e. The van der Waals surface area contributed by atoms with Crippen molar-refractivity contribution in [3.63, 3.8) is 0 Å². The van der Waals surface area contributed by atoms with Crippen molar-refractivity contribution in [3.8, 4) is 0 Å². The number of hydrogen-bond donors (Lipinski definition) is 1. The first-order valence-corrected chi connectivity index (χ1v) is 8.04. The van der Waals surface area contributed by atoms with Crippen LogP contribution in [0.5, 0.6) is 0 Å². The number of fused-ring (bicyclic) bond motifs is 1. The SMILES string of the molecule is CC(C)NCc1cccc2c1ccn2CC1CCCC1. The predicted molar refractivity (Wildman–Crippen MR) is 85.9 cm³/mol. The Morgan fingerprint density at radius 3 is 2.75 bits per heavy atom. The molecule has 2 heteroatoms. The number of nitrogens with zero attached hydrogens (tertiary/aromatic N) is 1. The molecule has 0 saturated heterocycles. The number of nitrogens with one attached hydrogen (secondary N) is 1. The molecule has 20 heavy (non-hydrogen) atoms. The lowest BCUT2D eigenvalue weighted by molar-refractivity contribution is 0.466.